The maximum Gasteiger partial charge on any atom is 0.223 e. The number of amides is 1. The Balaban J connectivity index is 2.20. The minimum atomic E-state index is -0.231. The first-order valence-corrected chi connectivity index (χ1v) is 7.35. The van der Waals surface area contributed by atoms with Crippen molar-refractivity contribution in [3.63, 3.8) is 0 Å². The van der Waals surface area contributed by atoms with Gasteiger partial charge in [-0.1, -0.05) is 6.92 Å². The first kappa shape index (κ1) is 16.4. The number of piperidine rings is 1. The van der Waals surface area contributed by atoms with E-state index in [-0.39, 0.29) is 17.9 Å². The number of likely N-dealkylation sites (N-methyl/N-ethyl adjacent to an activating group) is 1. The number of likely N-dealkylation sites (tertiary alicyclic amines) is 1. The Bertz CT molecular complexity index is 263. The second kappa shape index (κ2) is 8.51. The predicted molar refractivity (Wildman–Crippen MR) is 77.0 cm³/mol. The third-order valence-corrected chi connectivity index (χ3v) is 3.76. The zero-order valence-corrected chi connectivity index (χ0v) is 12.6. The molecular formula is C14H29N3O2. The van der Waals surface area contributed by atoms with Crippen LogP contribution in [0, 0.1) is 5.92 Å². The molecule has 1 atom stereocenters. The lowest BCUT2D eigenvalue weighted by atomic mass is 9.95. The summed E-state index contributed by atoms with van der Waals surface area (Å²) in [5.74, 6) is 0.342. The molecule has 0 aliphatic carbocycles. The number of carbonyl (C=O) groups is 1. The Hall–Kier alpha value is -0.650. The van der Waals surface area contributed by atoms with Gasteiger partial charge < -0.3 is 20.2 Å². The summed E-state index contributed by atoms with van der Waals surface area (Å²) in [6.07, 6.45) is 2.38. The largest absolute Gasteiger partial charge is 0.392 e. The Morgan fingerprint density at radius 1 is 1.42 bits per heavy atom. The van der Waals surface area contributed by atoms with Crippen LogP contribution in [0.4, 0.5) is 0 Å². The van der Waals surface area contributed by atoms with E-state index >= 15 is 0 Å². The lowest BCUT2D eigenvalue weighted by molar-refractivity contribution is -0.126. The standard InChI is InChI=1S/C14H29N3O2/c1-4-13(18)11-17-8-5-12(6-9-17)14(19)15-7-10-16(2)3/h12-13,18H,4-11H2,1-3H3,(H,15,19)/t13-/m1/s1. The summed E-state index contributed by atoms with van der Waals surface area (Å²) in [6.45, 7) is 6.18. The van der Waals surface area contributed by atoms with Crippen LogP contribution in [0.1, 0.15) is 26.2 Å². The highest BCUT2D eigenvalue weighted by molar-refractivity contribution is 5.78. The average molecular weight is 271 g/mol. The first-order chi connectivity index (χ1) is 9.02. The topological polar surface area (TPSA) is 55.8 Å². The molecule has 1 fully saturated rings. The van der Waals surface area contributed by atoms with E-state index in [9.17, 15) is 9.90 Å². The number of carbonyl (C=O) groups excluding carboxylic acids is 1. The van der Waals surface area contributed by atoms with Crippen LogP contribution in [0.25, 0.3) is 0 Å². The van der Waals surface area contributed by atoms with E-state index in [4.69, 9.17) is 0 Å². The molecule has 0 unspecified atom stereocenters. The van der Waals surface area contributed by atoms with Gasteiger partial charge in [0.15, 0.2) is 0 Å². The van der Waals surface area contributed by atoms with Crippen molar-refractivity contribution < 1.29 is 9.90 Å². The Morgan fingerprint density at radius 2 is 2.05 bits per heavy atom. The molecule has 1 aliphatic rings. The van der Waals surface area contributed by atoms with Crippen LogP contribution < -0.4 is 5.32 Å². The zero-order chi connectivity index (χ0) is 14.3. The minimum Gasteiger partial charge on any atom is -0.392 e. The van der Waals surface area contributed by atoms with E-state index in [0.29, 0.717) is 0 Å². The Labute approximate surface area is 117 Å². The summed E-state index contributed by atoms with van der Waals surface area (Å²) < 4.78 is 0. The third-order valence-electron chi connectivity index (χ3n) is 3.76. The van der Waals surface area contributed by atoms with E-state index in [2.05, 4.69) is 15.1 Å². The van der Waals surface area contributed by atoms with Crippen molar-refractivity contribution in [3.8, 4) is 0 Å². The molecule has 1 rings (SSSR count). The van der Waals surface area contributed by atoms with E-state index in [1.165, 1.54) is 0 Å². The normalized spacial score (nSPS) is 19.6. The smallest absolute Gasteiger partial charge is 0.223 e. The summed E-state index contributed by atoms with van der Waals surface area (Å²) >= 11 is 0. The molecule has 112 valence electrons. The van der Waals surface area contributed by atoms with E-state index < -0.39 is 0 Å². The summed E-state index contributed by atoms with van der Waals surface area (Å²) in [6, 6.07) is 0. The number of nitrogens with one attached hydrogen (secondary N) is 1. The van der Waals surface area contributed by atoms with Crippen LogP contribution in [-0.4, -0.2) is 73.7 Å². The number of nitrogens with zero attached hydrogens (tertiary/aromatic N) is 2. The SMILES string of the molecule is CC[C@@H](O)CN1CCC(C(=O)NCCN(C)C)CC1. The molecule has 19 heavy (non-hydrogen) atoms. The fraction of sp³-hybridized carbons (Fsp3) is 0.929. The predicted octanol–water partition coefficient (Wildman–Crippen LogP) is 0.147. The first-order valence-electron chi connectivity index (χ1n) is 7.35. The van der Waals surface area contributed by atoms with E-state index in [1.54, 1.807) is 0 Å². The molecule has 0 aromatic carbocycles. The summed E-state index contributed by atoms with van der Waals surface area (Å²) in [5.41, 5.74) is 0. The highest BCUT2D eigenvalue weighted by atomic mass is 16.3. The van der Waals surface area contributed by atoms with Gasteiger partial charge in [-0.15, -0.1) is 0 Å². The quantitative estimate of drug-likeness (QED) is 0.692. The maximum absolute atomic E-state index is 12.0. The van der Waals surface area contributed by atoms with Crippen molar-refractivity contribution in [1.29, 1.82) is 0 Å². The molecule has 0 bridgehead atoms. The van der Waals surface area contributed by atoms with Gasteiger partial charge in [0.05, 0.1) is 6.10 Å². The van der Waals surface area contributed by atoms with Crippen molar-refractivity contribution in [2.75, 3.05) is 46.8 Å². The number of β-amino-alcohol motifs (C(OH)–C–C–N with tert-alkyl or cyclic N) is 1. The van der Waals surface area contributed by atoms with Gasteiger partial charge in [0.25, 0.3) is 0 Å². The van der Waals surface area contributed by atoms with Crippen molar-refractivity contribution >= 4 is 5.91 Å². The van der Waals surface area contributed by atoms with E-state index in [1.807, 2.05) is 21.0 Å². The van der Waals surface area contributed by atoms with Crippen molar-refractivity contribution in [2.24, 2.45) is 5.92 Å². The minimum absolute atomic E-state index is 0.150. The second-order valence-corrected chi connectivity index (χ2v) is 5.73. The molecular weight excluding hydrogens is 242 g/mol. The summed E-state index contributed by atoms with van der Waals surface area (Å²) in [7, 11) is 4.01. The number of hydrogen-bond acceptors (Lipinski definition) is 4. The molecule has 1 heterocycles. The fourth-order valence-electron chi connectivity index (χ4n) is 2.35. The van der Waals surface area contributed by atoms with Crippen LogP contribution in [0.15, 0.2) is 0 Å². The van der Waals surface area contributed by atoms with Gasteiger partial charge in [0, 0.05) is 25.6 Å². The number of aliphatic hydroxyl groups excluding tert-OH is 1. The van der Waals surface area contributed by atoms with Crippen LogP contribution in [0.2, 0.25) is 0 Å². The summed E-state index contributed by atoms with van der Waals surface area (Å²) in [5, 5.41) is 12.6. The van der Waals surface area contributed by atoms with Gasteiger partial charge in [-0.3, -0.25) is 4.79 Å². The molecule has 0 aromatic heterocycles. The molecule has 0 aromatic rings. The molecule has 0 saturated carbocycles. The molecule has 5 nitrogen and oxygen atoms in total. The highest BCUT2D eigenvalue weighted by Gasteiger charge is 2.25. The van der Waals surface area contributed by atoms with Crippen molar-refractivity contribution in [2.45, 2.75) is 32.3 Å². The van der Waals surface area contributed by atoms with Crippen molar-refractivity contribution in [3.05, 3.63) is 0 Å². The van der Waals surface area contributed by atoms with Crippen LogP contribution in [0.3, 0.4) is 0 Å². The number of hydrogen-bond donors (Lipinski definition) is 2. The van der Waals surface area contributed by atoms with Crippen LogP contribution in [-0.2, 0) is 4.79 Å². The molecule has 1 saturated heterocycles. The Kier molecular flexibility index (Phi) is 7.34. The van der Waals surface area contributed by atoms with Crippen molar-refractivity contribution in [1.82, 2.24) is 15.1 Å². The van der Waals surface area contributed by atoms with Gasteiger partial charge in [-0.05, 0) is 46.4 Å². The monoisotopic (exact) mass is 271 g/mol. The lowest BCUT2D eigenvalue weighted by Crippen LogP contribution is -2.43. The van der Waals surface area contributed by atoms with Gasteiger partial charge in [0.2, 0.25) is 5.91 Å². The molecule has 5 heteroatoms. The Morgan fingerprint density at radius 3 is 2.58 bits per heavy atom. The molecule has 0 spiro atoms. The maximum atomic E-state index is 12.0. The van der Waals surface area contributed by atoms with Gasteiger partial charge in [0.1, 0.15) is 0 Å². The highest BCUT2D eigenvalue weighted by Crippen LogP contribution is 2.17. The summed E-state index contributed by atoms with van der Waals surface area (Å²) in [4.78, 5) is 16.3. The van der Waals surface area contributed by atoms with Crippen LogP contribution >= 0.6 is 0 Å². The van der Waals surface area contributed by atoms with Crippen LogP contribution in [0.5, 0.6) is 0 Å². The van der Waals surface area contributed by atoms with Gasteiger partial charge >= 0.3 is 0 Å². The van der Waals surface area contributed by atoms with Gasteiger partial charge in [-0.2, -0.15) is 0 Å². The average Bonchev–Trinajstić information content (AvgIpc) is 2.38. The number of aliphatic hydroxyl groups is 1. The second-order valence-electron chi connectivity index (χ2n) is 5.73. The molecule has 2 N–H and O–H groups in total. The third kappa shape index (κ3) is 6.36. The molecule has 1 aliphatic heterocycles. The zero-order valence-electron chi connectivity index (χ0n) is 12.6. The lowest BCUT2D eigenvalue weighted by Gasteiger charge is -2.32. The van der Waals surface area contributed by atoms with E-state index in [0.717, 1.165) is 52.0 Å². The molecule has 1 amide bonds. The number of rotatable bonds is 7. The fourth-order valence-corrected chi connectivity index (χ4v) is 2.35. The molecule has 0 radical (unpaired) electrons. The van der Waals surface area contributed by atoms with Gasteiger partial charge in [-0.25, -0.2) is 0 Å².